The van der Waals surface area contributed by atoms with Crippen molar-refractivity contribution in [3.8, 4) is 11.5 Å². The van der Waals surface area contributed by atoms with Crippen molar-refractivity contribution in [2.75, 3.05) is 13.7 Å². The van der Waals surface area contributed by atoms with Crippen molar-refractivity contribution < 1.29 is 14.3 Å². The average Bonchev–Trinajstić information content (AvgIpc) is 2.45. The minimum atomic E-state index is -0.685. The van der Waals surface area contributed by atoms with Crippen LogP contribution in [0.4, 0.5) is 0 Å². The molecule has 0 aliphatic carbocycles. The maximum absolute atomic E-state index is 11.7. The van der Waals surface area contributed by atoms with Gasteiger partial charge in [0, 0.05) is 12.0 Å². The number of carbonyl (C=O) groups is 1. The van der Waals surface area contributed by atoms with Gasteiger partial charge in [-0.3, -0.25) is 4.79 Å². The molecule has 1 aromatic rings. The highest BCUT2D eigenvalue weighted by Crippen LogP contribution is 2.38. The molecule has 0 saturated carbocycles. The smallest absolute Gasteiger partial charge is 0.165 e. The van der Waals surface area contributed by atoms with Crippen LogP contribution in [0.1, 0.15) is 44.1 Å². The summed E-state index contributed by atoms with van der Waals surface area (Å²) < 4.78 is 11.0. The van der Waals surface area contributed by atoms with E-state index in [1.807, 2.05) is 12.1 Å². The minimum Gasteiger partial charge on any atom is -0.493 e. The first-order chi connectivity index (χ1) is 9.15. The number of hydrogen-bond donors (Lipinski definition) is 0. The standard InChI is InChI=1S/C15H21ClO3/c1-4-6-10-19-13-9-7-8-11(15(13)18-3)14(16)12(17)5-2/h7-9,14H,4-6,10H2,1-3H3. The summed E-state index contributed by atoms with van der Waals surface area (Å²) in [5.41, 5.74) is 0.671. The Balaban J connectivity index is 2.98. The Morgan fingerprint density at radius 1 is 1.37 bits per heavy atom. The summed E-state index contributed by atoms with van der Waals surface area (Å²) in [6, 6.07) is 5.46. The summed E-state index contributed by atoms with van der Waals surface area (Å²) in [6.07, 6.45) is 2.44. The fourth-order valence-corrected chi connectivity index (χ4v) is 2.07. The van der Waals surface area contributed by atoms with E-state index in [9.17, 15) is 4.79 Å². The van der Waals surface area contributed by atoms with Crippen LogP contribution in [0.2, 0.25) is 0 Å². The van der Waals surface area contributed by atoms with Crippen molar-refractivity contribution in [2.24, 2.45) is 0 Å². The first-order valence-electron chi connectivity index (χ1n) is 6.62. The molecule has 0 N–H and O–H groups in total. The van der Waals surface area contributed by atoms with Crippen molar-refractivity contribution in [1.82, 2.24) is 0 Å². The summed E-state index contributed by atoms with van der Waals surface area (Å²) in [4.78, 5) is 11.7. The van der Waals surface area contributed by atoms with Crippen molar-refractivity contribution >= 4 is 17.4 Å². The molecule has 3 nitrogen and oxygen atoms in total. The van der Waals surface area contributed by atoms with Gasteiger partial charge in [0.15, 0.2) is 17.3 Å². The fourth-order valence-electron chi connectivity index (χ4n) is 1.74. The van der Waals surface area contributed by atoms with E-state index >= 15 is 0 Å². The zero-order valence-electron chi connectivity index (χ0n) is 11.7. The van der Waals surface area contributed by atoms with E-state index < -0.39 is 5.38 Å². The van der Waals surface area contributed by atoms with Crippen molar-refractivity contribution in [2.45, 2.75) is 38.5 Å². The second kappa shape index (κ2) is 8.05. The molecule has 0 bridgehead atoms. The molecule has 106 valence electrons. The Kier molecular flexibility index (Phi) is 6.71. The molecular weight excluding hydrogens is 264 g/mol. The quantitative estimate of drug-likeness (QED) is 0.532. The molecule has 0 fully saturated rings. The van der Waals surface area contributed by atoms with E-state index in [2.05, 4.69) is 6.92 Å². The maximum atomic E-state index is 11.7. The topological polar surface area (TPSA) is 35.5 Å². The first-order valence-corrected chi connectivity index (χ1v) is 7.05. The predicted octanol–water partition coefficient (Wildman–Crippen LogP) is 4.13. The van der Waals surface area contributed by atoms with Gasteiger partial charge in [-0.25, -0.2) is 0 Å². The third-order valence-electron chi connectivity index (χ3n) is 2.87. The van der Waals surface area contributed by atoms with Gasteiger partial charge in [-0.05, 0) is 12.5 Å². The fraction of sp³-hybridized carbons (Fsp3) is 0.533. The number of para-hydroxylation sites is 1. The van der Waals surface area contributed by atoms with E-state index in [-0.39, 0.29) is 5.78 Å². The molecule has 0 radical (unpaired) electrons. The van der Waals surface area contributed by atoms with E-state index in [0.717, 1.165) is 12.8 Å². The van der Waals surface area contributed by atoms with Crippen LogP contribution in [0, 0.1) is 0 Å². The molecule has 0 aliphatic rings. The monoisotopic (exact) mass is 284 g/mol. The molecule has 0 heterocycles. The highest BCUT2D eigenvalue weighted by molar-refractivity contribution is 6.31. The molecule has 1 atom stereocenters. The van der Waals surface area contributed by atoms with E-state index in [1.165, 1.54) is 0 Å². The summed E-state index contributed by atoms with van der Waals surface area (Å²) in [6.45, 7) is 4.53. The van der Waals surface area contributed by atoms with Crippen molar-refractivity contribution in [3.05, 3.63) is 23.8 Å². The molecule has 0 amide bonds. The lowest BCUT2D eigenvalue weighted by Gasteiger charge is -2.16. The Hall–Kier alpha value is -1.22. The number of ketones is 1. The van der Waals surface area contributed by atoms with Gasteiger partial charge in [-0.1, -0.05) is 32.4 Å². The molecule has 0 spiro atoms. The number of halogens is 1. The van der Waals surface area contributed by atoms with Gasteiger partial charge in [0.25, 0.3) is 0 Å². The number of hydrogen-bond acceptors (Lipinski definition) is 3. The second-order valence-corrected chi connectivity index (χ2v) is 4.70. The molecule has 1 aromatic carbocycles. The van der Waals surface area contributed by atoms with Crippen LogP contribution in [0.3, 0.4) is 0 Å². The lowest BCUT2D eigenvalue weighted by Crippen LogP contribution is -2.08. The maximum Gasteiger partial charge on any atom is 0.165 e. The number of methoxy groups -OCH3 is 1. The van der Waals surface area contributed by atoms with Gasteiger partial charge in [0.05, 0.1) is 13.7 Å². The zero-order chi connectivity index (χ0) is 14.3. The molecule has 4 heteroatoms. The van der Waals surface area contributed by atoms with Crippen molar-refractivity contribution in [1.29, 1.82) is 0 Å². The Bertz CT molecular complexity index is 418. The lowest BCUT2D eigenvalue weighted by atomic mass is 10.1. The number of Topliss-reactive ketones (excluding diaryl/α,β-unsaturated/α-hetero) is 1. The van der Waals surface area contributed by atoms with Gasteiger partial charge >= 0.3 is 0 Å². The third kappa shape index (κ3) is 4.13. The van der Waals surface area contributed by atoms with Gasteiger partial charge in [0.2, 0.25) is 0 Å². The minimum absolute atomic E-state index is 0.0225. The molecule has 0 saturated heterocycles. The summed E-state index contributed by atoms with van der Waals surface area (Å²) >= 11 is 6.19. The van der Waals surface area contributed by atoms with Gasteiger partial charge in [-0.15, -0.1) is 11.6 Å². The molecular formula is C15H21ClO3. The normalized spacial score (nSPS) is 12.0. The Morgan fingerprint density at radius 2 is 2.11 bits per heavy atom. The number of rotatable bonds is 8. The van der Waals surface area contributed by atoms with E-state index in [0.29, 0.717) is 30.1 Å². The van der Waals surface area contributed by atoms with Gasteiger partial charge < -0.3 is 9.47 Å². The number of unbranched alkanes of at least 4 members (excludes halogenated alkanes) is 1. The van der Waals surface area contributed by atoms with Crippen molar-refractivity contribution in [3.63, 3.8) is 0 Å². The molecule has 0 aromatic heterocycles. The van der Waals surface area contributed by atoms with E-state index in [4.69, 9.17) is 21.1 Å². The summed E-state index contributed by atoms with van der Waals surface area (Å²) in [5.74, 6) is 1.18. The first kappa shape index (κ1) is 15.8. The van der Waals surface area contributed by atoms with Crippen LogP contribution in [0.15, 0.2) is 18.2 Å². The van der Waals surface area contributed by atoms with Gasteiger partial charge in [-0.2, -0.15) is 0 Å². The number of benzene rings is 1. The second-order valence-electron chi connectivity index (χ2n) is 4.26. The van der Waals surface area contributed by atoms with E-state index in [1.54, 1.807) is 20.1 Å². The zero-order valence-corrected chi connectivity index (χ0v) is 12.5. The van der Waals surface area contributed by atoms with Gasteiger partial charge in [0.1, 0.15) is 5.38 Å². The predicted molar refractivity (Wildman–Crippen MR) is 77.3 cm³/mol. The third-order valence-corrected chi connectivity index (χ3v) is 3.35. The van der Waals surface area contributed by atoms with Crippen LogP contribution in [0.25, 0.3) is 0 Å². The highest BCUT2D eigenvalue weighted by Gasteiger charge is 2.22. The summed E-state index contributed by atoms with van der Waals surface area (Å²) in [7, 11) is 1.56. The number of alkyl halides is 1. The van der Waals surface area contributed by atoms with Crippen LogP contribution < -0.4 is 9.47 Å². The van der Waals surface area contributed by atoms with Crippen LogP contribution in [-0.4, -0.2) is 19.5 Å². The van der Waals surface area contributed by atoms with Crippen LogP contribution in [0.5, 0.6) is 11.5 Å². The Morgan fingerprint density at radius 3 is 2.68 bits per heavy atom. The Labute approximate surface area is 119 Å². The molecule has 19 heavy (non-hydrogen) atoms. The SMILES string of the molecule is CCCCOc1cccc(C(Cl)C(=O)CC)c1OC. The number of carbonyl (C=O) groups excluding carboxylic acids is 1. The highest BCUT2D eigenvalue weighted by atomic mass is 35.5. The average molecular weight is 285 g/mol. The number of ether oxygens (including phenoxy) is 2. The summed E-state index contributed by atoms with van der Waals surface area (Å²) in [5, 5.41) is -0.685. The molecule has 1 rings (SSSR count). The largest absolute Gasteiger partial charge is 0.493 e. The van der Waals surface area contributed by atoms with Crippen LogP contribution >= 0.6 is 11.6 Å². The van der Waals surface area contributed by atoms with Crippen LogP contribution in [-0.2, 0) is 4.79 Å². The molecule has 0 aliphatic heterocycles. The molecule has 1 unspecified atom stereocenters. The lowest BCUT2D eigenvalue weighted by molar-refractivity contribution is -0.118.